The predicted molar refractivity (Wildman–Crippen MR) is 72.9 cm³/mol. The van der Waals surface area contributed by atoms with Gasteiger partial charge in [0, 0.05) is 11.9 Å². The van der Waals surface area contributed by atoms with Crippen molar-refractivity contribution in [1.82, 2.24) is 9.97 Å². The van der Waals surface area contributed by atoms with Crippen LogP contribution in [-0.2, 0) is 0 Å². The van der Waals surface area contributed by atoms with Crippen molar-refractivity contribution in [3.8, 4) is 0 Å². The Balaban J connectivity index is 2.39. The first-order valence-electron chi connectivity index (χ1n) is 5.88. The van der Waals surface area contributed by atoms with Crippen molar-refractivity contribution in [3.63, 3.8) is 0 Å². The molecule has 98 valence electrons. The quantitative estimate of drug-likeness (QED) is 0.884. The number of rotatable bonds is 3. The Morgan fingerprint density at radius 3 is 2.58 bits per heavy atom. The zero-order valence-corrected chi connectivity index (χ0v) is 11.1. The molecule has 0 aliphatic heterocycles. The highest BCUT2D eigenvalue weighted by molar-refractivity contribution is 5.93. The Morgan fingerprint density at radius 2 is 1.95 bits per heavy atom. The van der Waals surface area contributed by atoms with Crippen LogP contribution in [0.25, 0.3) is 0 Å². The van der Waals surface area contributed by atoms with Crippen LogP contribution >= 0.6 is 0 Å². The Morgan fingerprint density at radius 1 is 1.21 bits per heavy atom. The van der Waals surface area contributed by atoms with Gasteiger partial charge in [0.1, 0.15) is 17.2 Å². The van der Waals surface area contributed by atoms with Gasteiger partial charge < -0.3 is 10.4 Å². The third kappa shape index (κ3) is 2.88. The first kappa shape index (κ1) is 13.0. The predicted octanol–water partition coefficient (Wildman–Crippen LogP) is 2.84. The van der Waals surface area contributed by atoms with Gasteiger partial charge in [-0.2, -0.15) is 0 Å². The van der Waals surface area contributed by atoms with Crippen molar-refractivity contribution in [3.05, 3.63) is 46.9 Å². The molecule has 5 heteroatoms. The van der Waals surface area contributed by atoms with E-state index in [1.54, 1.807) is 6.92 Å². The van der Waals surface area contributed by atoms with E-state index in [2.05, 4.69) is 15.3 Å². The molecule has 1 aromatic carbocycles. The maximum Gasteiger partial charge on any atom is 0.341 e. The number of carboxylic acids is 1. The van der Waals surface area contributed by atoms with Crippen LogP contribution in [0.15, 0.2) is 24.4 Å². The second-order valence-electron chi connectivity index (χ2n) is 4.41. The Hall–Kier alpha value is -2.43. The summed E-state index contributed by atoms with van der Waals surface area (Å²) in [5.74, 6) is -0.217. The van der Waals surface area contributed by atoms with Crippen LogP contribution < -0.4 is 5.32 Å². The van der Waals surface area contributed by atoms with Crippen LogP contribution in [-0.4, -0.2) is 21.0 Å². The van der Waals surface area contributed by atoms with Crippen LogP contribution in [0.4, 0.5) is 11.5 Å². The number of carboxylic acid groups (broad SMARTS) is 1. The monoisotopic (exact) mass is 257 g/mol. The number of hydrogen-bond donors (Lipinski definition) is 2. The summed E-state index contributed by atoms with van der Waals surface area (Å²) >= 11 is 0. The number of aromatic carboxylic acids is 1. The molecule has 1 aromatic heterocycles. The summed E-state index contributed by atoms with van der Waals surface area (Å²) in [6, 6.07) is 5.83. The minimum atomic E-state index is -1.05. The van der Waals surface area contributed by atoms with Crippen molar-refractivity contribution in [2.75, 3.05) is 5.32 Å². The fourth-order valence-electron chi connectivity index (χ4n) is 1.68. The SMILES string of the molecule is Cc1ncc(C(=O)O)c(Nc2ccc(C)c(C)c2)n1. The number of aryl methyl sites for hydroxylation is 3. The first-order chi connectivity index (χ1) is 8.97. The van der Waals surface area contributed by atoms with Gasteiger partial charge in [0.15, 0.2) is 0 Å². The third-order valence-electron chi connectivity index (χ3n) is 2.91. The lowest BCUT2D eigenvalue weighted by Gasteiger charge is -2.10. The van der Waals surface area contributed by atoms with E-state index in [4.69, 9.17) is 5.11 Å². The zero-order valence-electron chi connectivity index (χ0n) is 11.1. The number of aromatic nitrogens is 2. The van der Waals surface area contributed by atoms with Crippen molar-refractivity contribution in [2.24, 2.45) is 0 Å². The number of nitrogens with one attached hydrogen (secondary N) is 1. The van der Waals surface area contributed by atoms with E-state index in [9.17, 15) is 4.79 Å². The standard InChI is InChI=1S/C14H15N3O2/c1-8-4-5-11(6-9(8)2)17-13-12(14(18)19)7-15-10(3)16-13/h4-7H,1-3H3,(H,18,19)(H,15,16,17). The zero-order chi connectivity index (χ0) is 14.0. The molecular weight excluding hydrogens is 242 g/mol. The van der Waals surface area contributed by atoms with Crippen molar-refractivity contribution in [1.29, 1.82) is 0 Å². The highest BCUT2D eigenvalue weighted by atomic mass is 16.4. The van der Waals surface area contributed by atoms with Crippen LogP contribution in [0.5, 0.6) is 0 Å². The Kier molecular flexibility index (Phi) is 3.46. The van der Waals surface area contributed by atoms with Crippen LogP contribution in [0, 0.1) is 20.8 Å². The van der Waals surface area contributed by atoms with Gasteiger partial charge in [-0.1, -0.05) is 6.07 Å². The molecule has 19 heavy (non-hydrogen) atoms. The minimum Gasteiger partial charge on any atom is -0.477 e. The molecule has 0 fully saturated rings. The average Bonchev–Trinajstić information content (AvgIpc) is 2.33. The van der Waals surface area contributed by atoms with Gasteiger partial charge in [-0.05, 0) is 44.0 Å². The topological polar surface area (TPSA) is 75.1 Å². The van der Waals surface area contributed by atoms with Crippen LogP contribution in [0.1, 0.15) is 27.3 Å². The first-order valence-corrected chi connectivity index (χ1v) is 5.88. The van der Waals surface area contributed by atoms with E-state index in [-0.39, 0.29) is 5.56 Å². The highest BCUT2D eigenvalue weighted by Crippen LogP contribution is 2.20. The number of benzene rings is 1. The summed E-state index contributed by atoms with van der Waals surface area (Å²) in [6.45, 7) is 5.75. The third-order valence-corrected chi connectivity index (χ3v) is 2.91. The largest absolute Gasteiger partial charge is 0.477 e. The number of nitrogens with zero attached hydrogens (tertiary/aromatic N) is 2. The maximum absolute atomic E-state index is 11.1. The lowest BCUT2D eigenvalue weighted by molar-refractivity contribution is 0.0697. The molecule has 2 aromatic rings. The van der Waals surface area contributed by atoms with E-state index in [0.717, 1.165) is 11.3 Å². The van der Waals surface area contributed by atoms with Crippen molar-refractivity contribution >= 4 is 17.5 Å². The maximum atomic E-state index is 11.1. The molecule has 0 bridgehead atoms. The van der Waals surface area contributed by atoms with E-state index in [1.807, 2.05) is 32.0 Å². The number of carbonyl (C=O) groups is 1. The summed E-state index contributed by atoms with van der Waals surface area (Å²) < 4.78 is 0. The fourth-order valence-corrected chi connectivity index (χ4v) is 1.68. The number of anilines is 2. The van der Waals surface area contributed by atoms with E-state index >= 15 is 0 Å². The van der Waals surface area contributed by atoms with Crippen LogP contribution in [0.3, 0.4) is 0 Å². The van der Waals surface area contributed by atoms with E-state index < -0.39 is 5.97 Å². The summed E-state index contributed by atoms with van der Waals surface area (Å²) in [5, 5.41) is 12.1. The van der Waals surface area contributed by atoms with Gasteiger partial charge in [-0.3, -0.25) is 0 Å². The Bertz CT molecular complexity index is 639. The molecule has 0 saturated carbocycles. The summed E-state index contributed by atoms with van der Waals surface area (Å²) in [7, 11) is 0. The molecule has 2 N–H and O–H groups in total. The van der Waals surface area contributed by atoms with Gasteiger partial charge in [-0.25, -0.2) is 14.8 Å². The molecule has 0 radical (unpaired) electrons. The molecule has 5 nitrogen and oxygen atoms in total. The van der Waals surface area contributed by atoms with Gasteiger partial charge in [0.05, 0.1) is 0 Å². The fraction of sp³-hybridized carbons (Fsp3) is 0.214. The minimum absolute atomic E-state index is 0.0591. The summed E-state index contributed by atoms with van der Waals surface area (Å²) in [6.07, 6.45) is 1.31. The molecule has 0 aliphatic rings. The molecule has 0 spiro atoms. The van der Waals surface area contributed by atoms with Crippen LogP contribution in [0.2, 0.25) is 0 Å². The molecule has 0 saturated heterocycles. The van der Waals surface area contributed by atoms with Gasteiger partial charge in [0.25, 0.3) is 0 Å². The lowest BCUT2D eigenvalue weighted by Crippen LogP contribution is -2.07. The molecule has 0 unspecified atom stereocenters. The van der Waals surface area contributed by atoms with E-state index in [1.165, 1.54) is 11.8 Å². The normalized spacial score (nSPS) is 10.3. The molecule has 0 atom stereocenters. The number of hydrogen-bond acceptors (Lipinski definition) is 4. The molecule has 0 aliphatic carbocycles. The van der Waals surface area contributed by atoms with Gasteiger partial charge >= 0.3 is 5.97 Å². The molecule has 0 amide bonds. The Labute approximate surface area is 111 Å². The highest BCUT2D eigenvalue weighted by Gasteiger charge is 2.12. The smallest absolute Gasteiger partial charge is 0.341 e. The van der Waals surface area contributed by atoms with Crippen molar-refractivity contribution < 1.29 is 9.90 Å². The molecular formula is C14H15N3O2. The van der Waals surface area contributed by atoms with Gasteiger partial charge in [0.2, 0.25) is 0 Å². The summed E-state index contributed by atoms with van der Waals surface area (Å²) in [5.41, 5.74) is 3.18. The van der Waals surface area contributed by atoms with Gasteiger partial charge in [-0.15, -0.1) is 0 Å². The molecule has 1 heterocycles. The van der Waals surface area contributed by atoms with E-state index in [0.29, 0.717) is 11.6 Å². The molecule has 2 rings (SSSR count). The summed E-state index contributed by atoms with van der Waals surface area (Å²) in [4.78, 5) is 19.2. The average molecular weight is 257 g/mol. The lowest BCUT2D eigenvalue weighted by atomic mass is 10.1. The second-order valence-corrected chi connectivity index (χ2v) is 4.41. The second kappa shape index (κ2) is 5.06. The van der Waals surface area contributed by atoms with Crippen molar-refractivity contribution in [2.45, 2.75) is 20.8 Å².